The number of piperidine rings is 3. The third-order valence-electron chi connectivity index (χ3n) is 6.64. The predicted octanol–water partition coefficient (Wildman–Crippen LogP) is 5.83. The van der Waals surface area contributed by atoms with Crippen molar-refractivity contribution in [3.63, 3.8) is 0 Å². The van der Waals surface area contributed by atoms with Crippen LogP contribution < -0.4 is 0 Å². The Hall–Kier alpha value is -2.85. The highest BCUT2D eigenvalue weighted by molar-refractivity contribution is 5.94. The van der Waals surface area contributed by atoms with Crippen LogP contribution in [-0.2, 0) is 6.54 Å². The highest BCUT2D eigenvalue weighted by Crippen LogP contribution is 2.40. The number of fused-ring (bicyclic) bond motifs is 3. The molecular weight excluding hydrogens is 390 g/mol. The molecule has 0 spiro atoms. The van der Waals surface area contributed by atoms with E-state index in [1.807, 2.05) is 12.1 Å². The van der Waals surface area contributed by atoms with Crippen LogP contribution in [0.4, 0.5) is 8.78 Å². The zero-order valence-corrected chi connectivity index (χ0v) is 17.4. The quantitative estimate of drug-likeness (QED) is 0.511. The van der Waals surface area contributed by atoms with Gasteiger partial charge in [-0.2, -0.15) is 0 Å². The zero-order chi connectivity index (χ0) is 21.2. The van der Waals surface area contributed by atoms with Gasteiger partial charge in [0, 0.05) is 23.6 Å². The van der Waals surface area contributed by atoms with E-state index in [4.69, 9.17) is 4.99 Å². The van der Waals surface area contributed by atoms with E-state index in [2.05, 4.69) is 53.4 Å². The van der Waals surface area contributed by atoms with Crippen molar-refractivity contribution < 1.29 is 8.78 Å². The summed E-state index contributed by atoms with van der Waals surface area (Å²) in [6, 6.07) is 25.1. The second-order valence-corrected chi connectivity index (χ2v) is 8.57. The first kappa shape index (κ1) is 20.1. The van der Waals surface area contributed by atoms with Crippen molar-refractivity contribution in [3.8, 4) is 0 Å². The number of benzene rings is 3. The van der Waals surface area contributed by atoms with Gasteiger partial charge in [-0.3, -0.25) is 9.89 Å². The molecule has 3 fully saturated rings. The summed E-state index contributed by atoms with van der Waals surface area (Å²) in [5.74, 6) is -0.490. The number of hydrogen-bond donors (Lipinski definition) is 0. The molecule has 0 saturated carbocycles. The molecule has 0 aromatic heterocycles. The maximum Gasteiger partial charge on any atom is 0.126 e. The minimum Gasteiger partial charge on any atom is -0.294 e. The van der Waals surface area contributed by atoms with Gasteiger partial charge in [0.2, 0.25) is 0 Å². The van der Waals surface area contributed by atoms with Crippen LogP contribution in [0.3, 0.4) is 0 Å². The maximum absolute atomic E-state index is 13.7. The molecule has 1 atom stereocenters. The van der Waals surface area contributed by atoms with Gasteiger partial charge < -0.3 is 0 Å². The van der Waals surface area contributed by atoms with Crippen molar-refractivity contribution in [1.82, 2.24) is 4.90 Å². The van der Waals surface area contributed by atoms with E-state index < -0.39 is 11.6 Å². The minimum absolute atomic E-state index is 0.163. The highest BCUT2D eigenvalue weighted by Gasteiger charge is 2.43. The van der Waals surface area contributed by atoms with Crippen LogP contribution >= 0.6 is 0 Å². The molecule has 3 aromatic rings. The van der Waals surface area contributed by atoms with Gasteiger partial charge in [-0.25, -0.2) is 8.78 Å². The summed E-state index contributed by atoms with van der Waals surface area (Å²) < 4.78 is 27.4. The van der Waals surface area contributed by atoms with Gasteiger partial charge in [-0.15, -0.1) is 0 Å². The van der Waals surface area contributed by atoms with Crippen molar-refractivity contribution in [3.05, 3.63) is 107 Å². The third-order valence-corrected chi connectivity index (χ3v) is 6.64. The molecule has 0 radical (unpaired) electrons. The number of halogens is 2. The zero-order valence-electron chi connectivity index (χ0n) is 17.4. The predicted molar refractivity (Wildman–Crippen MR) is 120 cm³/mol. The Labute approximate surface area is 182 Å². The molecule has 31 heavy (non-hydrogen) atoms. The lowest BCUT2D eigenvalue weighted by Gasteiger charge is -2.49. The Morgan fingerprint density at radius 1 is 0.806 bits per heavy atom. The fourth-order valence-corrected chi connectivity index (χ4v) is 5.27. The van der Waals surface area contributed by atoms with Gasteiger partial charge in [0.25, 0.3) is 0 Å². The summed E-state index contributed by atoms with van der Waals surface area (Å²) in [7, 11) is 0. The number of nitrogens with zero attached hydrogens (tertiary/aromatic N) is 2. The van der Waals surface area contributed by atoms with E-state index in [1.54, 1.807) is 0 Å². The molecular formula is C27H26F2N2. The summed E-state index contributed by atoms with van der Waals surface area (Å²) in [6.45, 7) is 2.44. The lowest BCUT2D eigenvalue weighted by atomic mass is 9.72. The van der Waals surface area contributed by atoms with Gasteiger partial charge in [0.15, 0.2) is 0 Å². The average Bonchev–Trinajstić information content (AvgIpc) is 2.80. The molecule has 2 nitrogen and oxygen atoms in total. The van der Waals surface area contributed by atoms with Crippen molar-refractivity contribution in [2.24, 2.45) is 10.9 Å². The first-order chi connectivity index (χ1) is 15.2. The van der Waals surface area contributed by atoms with Crippen LogP contribution in [0.15, 0.2) is 83.9 Å². The summed E-state index contributed by atoms with van der Waals surface area (Å²) in [5, 5.41) is 0. The standard InChI is InChI=1S/C27H26F2N2/c28-23-15-19(16-24(29)17-23)18-30-26-22-11-13-31(14-12-22)27(26)25(20-7-3-1-4-8-20)21-9-5-2-6-10-21/h1-10,15-17,22,25,27H,11-14,18H2. The molecule has 3 aliphatic rings. The molecule has 0 N–H and O–H groups in total. The van der Waals surface area contributed by atoms with Crippen molar-refractivity contribution in [1.29, 1.82) is 0 Å². The fraction of sp³-hybridized carbons (Fsp3) is 0.296. The van der Waals surface area contributed by atoms with Gasteiger partial charge >= 0.3 is 0 Å². The number of aliphatic imine (C=N–C) groups is 1. The van der Waals surface area contributed by atoms with E-state index >= 15 is 0 Å². The summed E-state index contributed by atoms with van der Waals surface area (Å²) in [4.78, 5) is 7.56. The van der Waals surface area contributed by atoms with Crippen LogP contribution in [0.25, 0.3) is 0 Å². The van der Waals surface area contributed by atoms with E-state index in [9.17, 15) is 8.78 Å². The van der Waals surface area contributed by atoms with Crippen LogP contribution in [-0.4, -0.2) is 29.7 Å². The van der Waals surface area contributed by atoms with E-state index in [-0.39, 0.29) is 12.0 Å². The van der Waals surface area contributed by atoms with Gasteiger partial charge in [-0.1, -0.05) is 60.7 Å². The molecule has 158 valence electrons. The Morgan fingerprint density at radius 3 is 1.90 bits per heavy atom. The van der Waals surface area contributed by atoms with E-state index in [1.165, 1.54) is 29.0 Å². The van der Waals surface area contributed by atoms with Crippen LogP contribution in [0, 0.1) is 17.6 Å². The second-order valence-electron chi connectivity index (χ2n) is 8.57. The Balaban J connectivity index is 1.56. The van der Waals surface area contributed by atoms with Crippen molar-refractivity contribution in [2.75, 3.05) is 13.1 Å². The normalized spacial score (nSPS) is 24.1. The average molecular weight is 417 g/mol. The molecule has 0 amide bonds. The van der Waals surface area contributed by atoms with E-state index in [0.29, 0.717) is 18.0 Å². The van der Waals surface area contributed by atoms with Crippen LogP contribution in [0.2, 0.25) is 0 Å². The molecule has 3 aliphatic heterocycles. The lowest BCUT2D eigenvalue weighted by molar-refractivity contribution is 0.135. The summed E-state index contributed by atoms with van der Waals surface area (Å²) >= 11 is 0. The number of rotatable bonds is 5. The lowest BCUT2D eigenvalue weighted by Crippen LogP contribution is -2.58. The van der Waals surface area contributed by atoms with Crippen LogP contribution in [0.1, 0.15) is 35.4 Å². The highest BCUT2D eigenvalue weighted by atomic mass is 19.1. The van der Waals surface area contributed by atoms with Gasteiger partial charge in [0.05, 0.1) is 12.6 Å². The second kappa shape index (κ2) is 8.72. The molecule has 2 bridgehead atoms. The van der Waals surface area contributed by atoms with Gasteiger partial charge in [0.1, 0.15) is 11.6 Å². The SMILES string of the molecule is Fc1cc(F)cc(CN=C2C3CCN(CC3)C2C(c2ccccc2)c2ccccc2)c1. The summed E-state index contributed by atoms with van der Waals surface area (Å²) in [6.07, 6.45) is 2.20. The molecule has 6 rings (SSSR count). The third kappa shape index (κ3) is 4.17. The maximum atomic E-state index is 13.7. The van der Waals surface area contributed by atoms with Gasteiger partial charge in [-0.05, 0) is 54.8 Å². The number of hydrogen-bond acceptors (Lipinski definition) is 2. The molecule has 3 saturated heterocycles. The molecule has 3 heterocycles. The van der Waals surface area contributed by atoms with Crippen molar-refractivity contribution >= 4 is 5.71 Å². The molecule has 3 aromatic carbocycles. The smallest absolute Gasteiger partial charge is 0.126 e. The first-order valence-electron chi connectivity index (χ1n) is 11.0. The first-order valence-corrected chi connectivity index (χ1v) is 11.0. The Bertz CT molecular complexity index is 997. The summed E-state index contributed by atoms with van der Waals surface area (Å²) in [5.41, 5.74) is 4.31. The fourth-order valence-electron chi connectivity index (χ4n) is 5.27. The topological polar surface area (TPSA) is 15.6 Å². The van der Waals surface area contributed by atoms with Crippen molar-refractivity contribution in [2.45, 2.75) is 31.3 Å². The molecule has 4 heteroatoms. The molecule has 0 aliphatic carbocycles. The Morgan fingerprint density at radius 2 is 1.35 bits per heavy atom. The monoisotopic (exact) mass is 416 g/mol. The van der Waals surface area contributed by atoms with E-state index in [0.717, 1.165) is 32.0 Å². The minimum atomic E-state index is -0.549. The Kier molecular flexibility index (Phi) is 5.65. The van der Waals surface area contributed by atoms with Crippen LogP contribution in [0.5, 0.6) is 0 Å². The molecule has 1 unspecified atom stereocenters. The largest absolute Gasteiger partial charge is 0.294 e.